The molecule has 0 bridgehead atoms. The highest BCUT2D eigenvalue weighted by Gasteiger charge is 2.17. The van der Waals surface area contributed by atoms with Gasteiger partial charge in [0.1, 0.15) is 11.4 Å². The number of carbonyl (C=O) groups excluding carboxylic acids is 1. The van der Waals surface area contributed by atoms with E-state index in [2.05, 4.69) is 11.4 Å². The Kier molecular flexibility index (Phi) is 5.13. The highest BCUT2D eigenvalue weighted by molar-refractivity contribution is 5.78. The van der Waals surface area contributed by atoms with Crippen LogP contribution in [0.3, 0.4) is 0 Å². The van der Waals surface area contributed by atoms with Crippen molar-refractivity contribution < 1.29 is 9.53 Å². The van der Waals surface area contributed by atoms with Crippen molar-refractivity contribution in [3.63, 3.8) is 0 Å². The summed E-state index contributed by atoms with van der Waals surface area (Å²) < 4.78 is 7.29. The average Bonchev–Trinajstić information content (AvgIpc) is 2.98. The molecule has 1 aromatic heterocycles. The van der Waals surface area contributed by atoms with Crippen molar-refractivity contribution in [1.29, 1.82) is 5.26 Å². The second-order valence-corrected chi connectivity index (χ2v) is 7.19. The second-order valence-electron chi connectivity index (χ2n) is 7.19. The number of fused-ring (bicyclic) bond motifs is 1. The SMILES string of the molecule is CC(C)(C)OC(=O)NCCc1nc2ccccc2n1-c1cccc(C#N)c1. The van der Waals surface area contributed by atoms with E-state index in [1.54, 1.807) is 6.07 Å². The molecule has 27 heavy (non-hydrogen) atoms. The largest absolute Gasteiger partial charge is 0.444 e. The topological polar surface area (TPSA) is 79.9 Å². The molecule has 0 saturated carbocycles. The summed E-state index contributed by atoms with van der Waals surface area (Å²) in [6.45, 7) is 5.88. The van der Waals surface area contributed by atoms with Gasteiger partial charge in [-0.2, -0.15) is 5.26 Å². The molecule has 0 aliphatic heterocycles. The molecule has 0 radical (unpaired) electrons. The van der Waals surface area contributed by atoms with Crippen LogP contribution < -0.4 is 5.32 Å². The quantitative estimate of drug-likeness (QED) is 0.762. The minimum Gasteiger partial charge on any atom is -0.444 e. The lowest BCUT2D eigenvalue weighted by Gasteiger charge is -2.19. The Bertz CT molecular complexity index is 1010. The number of benzene rings is 2. The summed E-state index contributed by atoms with van der Waals surface area (Å²) in [5.41, 5.74) is 2.75. The van der Waals surface area contributed by atoms with Crippen LogP contribution in [-0.2, 0) is 11.2 Å². The number of para-hydroxylation sites is 2. The Labute approximate surface area is 158 Å². The number of rotatable bonds is 4. The molecule has 3 rings (SSSR count). The summed E-state index contributed by atoms with van der Waals surface area (Å²) in [7, 11) is 0. The highest BCUT2D eigenvalue weighted by atomic mass is 16.6. The lowest BCUT2D eigenvalue weighted by molar-refractivity contribution is 0.0528. The van der Waals surface area contributed by atoms with Gasteiger partial charge in [0.2, 0.25) is 0 Å². The Morgan fingerprint density at radius 2 is 2.00 bits per heavy atom. The fraction of sp³-hybridized carbons (Fsp3) is 0.286. The van der Waals surface area contributed by atoms with Crippen LogP contribution >= 0.6 is 0 Å². The lowest BCUT2D eigenvalue weighted by atomic mass is 10.2. The van der Waals surface area contributed by atoms with Gasteiger partial charge in [0, 0.05) is 18.7 Å². The van der Waals surface area contributed by atoms with Gasteiger partial charge in [-0.3, -0.25) is 4.57 Å². The number of carbonyl (C=O) groups is 1. The number of nitrogens with zero attached hydrogens (tertiary/aromatic N) is 3. The lowest BCUT2D eigenvalue weighted by Crippen LogP contribution is -2.33. The third-order valence-corrected chi connectivity index (χ3v) is 3.88. The second kappa shape index (κ2) is 7.50. The molecule has 2 aromatic carbocycles. The van der Waals surface area contributed by atoms with Gasteiger partial charge in [0.05, 0.1) is 22.7 Å². The van der Waals surface area contributed by atoms with Crippen molar-refractivity contribution in [2.45, 2.75) is 32.8 Å². The summed E-state index contributed by atoms with van der Waals surface area (Å²) in [5, 5.41) is 12.0. The van der Waals surface area contributed by atoms with E-state index in [1.807, 2.05) is 67.8 Å². The Morgan fingerprint density at radius 1 is 1.22 bits per heavy atom. The molecule has 0 aliphatic carbocycles. The van der Waals surface area contributed by atoms with Crippen LogP contribution in [0.4, 0.5) is 4.79 Å². The third kappa shape index (κ3) is 4.45. The van der Waals surface area contributed by atoms with Crippen molar-refractivity contribution in [2.75, 3.05) is 6.54 Å². The molecule has 0 saturated heterocycles. The molecule has 6 nitrogen and oxygen atoms in total. The van der Waals surface area contributed by atoms with Crippen molar-refractivity contribution in [3.05, 3.63) is 59.9 Å². The molecule has 0 atom stereocenters. The number of aromatic nitrogens is 2. The van der Waals surface area contributed by atoms with E-state index in [0.29, 0.717) is 18.5 Å². The Hall–Kier alpha value is -3.33. The van der Waals surface area contributed by atoms with E-state index < -0.39 is 11.7 Å². The number of nitriles is 1. The minimum absolute atomic E-state index is 0.399. The van der Waals surface area contributed by atoms with Gasteiger partial charge in [-0.1, -0.05) is 18.2 Å². The molecule has 0 aliphatic rings. The van der Waals surface area contributed by atoms with Crippen molar-refractivity contribution >= 4 is 17.1 Å². The van der Waals surface area contributed by atoms with Crippen LogP contribution in [0.2, 0.25) is 0 Å². The van der Waals surface area contributed by atoms with Crippen LogP contribution in [0.25, 0.3) is 16.7 Å². The first kappa shape index (κ1) is 18.5. The maximum Gasteiger partial charge on any atom is 0.407 e. The average molecular weight is 362 g/mol. The Morgan fingerprint density at radius 3 is 2.74 bits per heavy atom. The zero-order chi connectivity index (χ0) is 19.4. The molecule has 3 aromatic rings. The normalized spacial score (nSPS) is 11.2. The minimum atomic E-state index is -0.533. The van der Waals surface area contributed by atoms with Gasteiger partial charge in [0.25, 0.3) is 0 Å². The van der Waals surface area contributed by atoms with Crippen LogP contribution in [0.1, 0.15) is 32.2 Å². The van der Waals surface area contributed by atoms with Gasteiger partial charge in [-0.25, -0.2) is 9.78 Å². The first-order chi connectivity index (χ1) is 12.9. The van der Waals surface area contributed by atoms with E-state index in [-0.39, 0.29) is 0 Å². The summed E-state index contributed by atoms with van der Waals surface area (Å²) in [4.78, 5) is 16.6. The van der Waals surface area contributed by atoms with Gasteiger partial charge >= 0.3 is 6.09 Å². The highest BCUT2D eigenvalue weighted by Crippen LogP contribution is 2.22. The van der Waals surface area contributed by atoms with Gasteiger partial charge in [0.15, 0.2) is 0 Å². The molecule has 1 amide bonds. The number of amides is 1. The molecule has 0 fully saturated rings. The fourth-order valence-corrected chi connectivity index (χ4v) is 2.84. The van der Waals surface area contributed by atoms with Crippen molar-refractivity contribution in [3.8, 4) is 11.8 Å². The molecule has 138 valence electrons. The number of hydrogen-bond acceptors (Lipinski definition) is 4. The molecule has 6 heteroatoms. The van der Waals surface area contributed by atoms with E-state index >= 15 is 0 Å². The predicted molar refractivity (Wildman–Crippen MR) is 104 cm³/mol. The first-order valence-corrected chi connectivity index (χ1v) is 8.81. The maximum atomic E-state index is 11.9. The fourth-order valence-electron chi connectivity index (χ4n) is 2.84. The van der Waals surface area contributed by atoms with Crippen molar-refractivity contribution in [1.82, 2.24) is 14.9 Å². The van der Waals surface area contributed by atoms with E-state index in [1.165, 1.54) is 0 Å². The van der Waals surface area contributed by atoms with Gasteiger partial charge < -0.3 is 10.1 Å². The van der Waals surface area contributed by atoms with E-state index in [0.717, 1.165) is 22.5 Å². The Balaban J connectivity index is 1.87. The number of alkyl carbamates (subject to hydrolysis) is 1. The van der Waals surface area contributed by atoms with E-state index in [9.17, 15) is 10.1 Å². The van der Waals surface area contributed by atoms with E-state index in [4.69, 9.17) is 9.72 Å². The zero-order valence-corrected chi connectivity index (χ0v) is 15.7. The van der Waals surface area contributed by atoms with Crippen LogP contribution in [-0.4, -0.2) is 27.8 Å². The van der Waals surface area contributed by atoms with Gasteiger partial charge in [-0.15, -0.1) is 0 Å². The zero-order valence-electron chi connectivity index (χ0n) is 15.7. The number of imidazole rings is 1. The molecule has 1 heterocycles. The predicted octanol–water partition coefficient (Wildman–Crippen LogP) is 3.96. The third-order valence-electron chi connectivity index (χ3n) is 3.88. The van der Waals surface area contributed by atoms with Crippen molar-refractivity contribution in [2.24, 2.45) is 0 Å². The first-order valence-electron chi connectivity index (χ1n) is 8.81. The van der Waals surface area contributed by atoms with Crippen LogP contribution in [0.5, 0.6) is 0 Å². The monoisotopic (exact) mass is 362 g/mol. The van der Waals surface area contributed by atoms with Crippen LogP contribution in [0, 0.1) is 11.3 Å². The number of nitrogens with one attached hydrogen (secondary N) is 1. The summed E-state index contributed by atoms with van der Waals surface area (Å²) in [5.74, 6) is 0.808. The summed E-state index contributed by atoms with van der Waals surface area (Å²) in [6.07, 6.45) is 0.0849. The van der Waals surface area contributed by atoms with Gasteiger partial charge in [-0.05, 0) is 51.1 Å². The maximum absolute atomic E-state index is 11.9. The smallest absolute Gasteiger partial charge is 0.407 e. The molecular weight excluding hydrogens is 340 g/mol. The molecular formula is C21H22N4O2. The standard InChI is InChI=1S/C21H22N4O2/c1-21(2,3)27-20(26)23-12-11-19-24-17-9-4-5-10-18(17)25(19)16-8-6-7-15(13-16)14-22/h4-10,13H,11-12H2,1-3H3,(H,23,26). The summed E-state index contributed by atoms with van der Waals surface area (Å²) >= 11 is 0. The molecule has 1 N–H and O–H groups in total. The number of ether oxygens (including phenoxy) is 1. The number of hydrogen-bond donors (Lipinski definition) is 1. The van der Waals surface area contributed by atoms with Crippen LogP contribution in [0.15, 0.2) is 48.5 Å². The summed E-state index contributed by atoms with van der Waals surface area (Å²) in [6, 6.07) is 17.4. The molecule has 0 spiro atoms. The molecule has 0 unspecified atom stereocenters.